The van der Waals surface area contributed by atoms with Gasteiger partial charge in [-0.3, -0.25) is 9.59 Å². The molecule has 0 unspecified atom stereocenters. The van der Waals surface area contributed by atoms with E-state index >= 15 is 0 Å². The van der Waals surface area contributed by atoms with E-state index in [2.05, 4.69) is 5.32 Å². The number of aliphatic hydroxyl groups excluding tert-OH is 1. The standard InChI is InChI=1S/C22H35NO7/c1-15(24)6-5-7-18(29-16(2)25)13-19(30-22(27)14-23-3)10-8-17-9-11-20(26)21(12-17)28-4/h9,11-12,15,18-19,23-24,26H,5-8,10,13-14H2,1-4H3/t15-,18+,19-/m0/s1. The van der Waals surface area contributed by atoms with Crippen LogP contribution in [-0.4, -0.2) is 61.2 Å². The Kier molecular flexibility index (Phi) is 11.8. The molecule has 0 aliphatic heterocycles. The fourth-order valence-corrected chi connectivity index (χ4v) is 3.20. The van der Waals surface area contributed by atoms with Gasteiger partial charge in [-0.05, 0) is 63.8 Å². The monoisotopic (exact) mass is 425 g/mol. The average molecular weight is 426 g/mol. The first-order valence-corrected chi connectivity index (χ1v) is 10.3. The SMILES string of the molecule is CNCC(=O)O[C@@H](CCc1ccc(O)c(OC)c1)C[C@@H](CCC[C@H](C)O)OC(C)=O. The molecule has 0 spiro atoms. The Morgan fingerprint density at radius 3 is 2.43 bits per heavy atom. The molecule has 8 nitrogen and oxygen atoms in total. The number of benzene rings is 1. The molecule has 0 bridgehead atoms. The number of phenolic OH excluding ortho intramolecular Hbond substituents is 1. The van der Waals surface area contributed by atoms with Crippen LogP contribution in [0.3, 0.4) is 0 Å². The second-order valence-electron chi connectivity index (χ2n) is 7.43. The molecule has 0 aromatic heterocycles. The molecule has 3 atom stereocenters. The molecular weight excluding hydrogens is 390 g/mol. The number of esters is 2. The van der Waals surface area contributed by atoms with Crippen molar-refractivity contribution in [1.82, 2.24) is 5.32 Å². The topological polar surface area (TPSA) is 114 Å². The minimum absolute atomic E-state index is 0.0614. The minimum Gasteiger partial charge on any atom is -0.504 e. The first kappa shape index (κ1) is 25.7. The van der Waals surface area contributed by atoms with Crippen molar-refractivity contribution >= 4 is 11.9 Å². The van der Waals surface area contributed by atoms with Gasteiger partial charge in [0.05, 0.1) is 19.8 Å². The summed E-state index contributed by atoms with van der Waals surface area (Å²) in [6, 6.07) is 5.10. The number of aromatic hydroxyl groups is 1. The Hall–Kier alpha value is -2.32. The van der Waals surface area contributed by atoms with Crippen LogP contribution >= 0.6 is 0 Å². The first-order chi connectivity index (χ1) is 14.2. The van der Waals surface area contributed by atoms with Gasteiger partial charge in [0, 0.05) is 13.3 Å². The highest BCUT2D eigenvalue weighted by atomic mass is 16.6. The molecule has 0 aliphatic carbocycles. The Labute approximate surface area is 178 Å². The van der Waals surface area contributed by atoms with Gasteiger partial charge in [-0.2, -0.15) is 0 Å². The summed E-state index contributed by atoms with van der Waals surface area (Å²) in [7, 11) is 3.15. The number of carbonyl (C=O) groups excluding carboxylic acids is 2. The van der Waals surface area contributed by atoms with Crippen molar-refractivity contribution in [2.75, 3.05) is 20.7 Å². The van der Waals surface area contributed by atoms with E-state index in [1.54, 1.807) is 32.2 Å². The summed E-state index contributed by atoms with van der Waals surface area (Å²) in [4.78, 5) is 23.6. The van der Waals surface area contributed by atoms with Crippen LogP contribution in [0.25, 0.3) is 0 Å². The third-order valence-corrected chi connectivity index (χ3v) is 4.62. The van der Waals surface area contributed by atoms with Crippen molar-refractivity contribution in [2.45, 2.75) is 70.7 Å². The Balaban J connectivity index is 2.82. The molecule has 3 N–H and O–H groups in total. The third-order valence-electron chi connectivity index (χ3n) is 4.62. The largest absolute Gasteiger partial charge is 0.504 e. The summed E-state index contributed by atoms with van der Waals surface area (Å²) in [5.74, 6) is -0.324. The molecule has 0 amide bonds. The van der Waals surface area contributed by atoms with Crippen LogP contribution in [0.1, 0.15) is 51.5 Å². The Morgan fingerprint density at radius 2 is 1.83 bits per heavy atom. The van der Waals surface area contributed by atoms with Gasteiger partial charge in [-0.25, -0.2) is 0 Å². The average Bonchev–Trinajstić information content (AvgIpc) is 2.66. The van der Waals surface area contributed by atoms with Gasteiger partial charge in [0.25, 0.3) is 0 Å². The van der Waals surface area contributed by atoms with E-state index in [0.717, 1.165) is 5.56 Å². The van der Waals surface area contributed by atoms with Gasteiger partial charge in [-0.1, -0.05) is 6.07 Å². The van der Waals surface area contributed by atoms with E-state index in [1.807, 2.05) is 0 Å². The van der Waals surface area contributed by atoms with E-state index in [-0.39, 0.29) is 24.2 Å². The number of carbonyl (C=O) groups is 2. The van der Waals surface area contributed by atoms with Gasteiger partial charge in [0.1, 0.15) is 12.2 Å². The van der Waals surface area contributed by atoms with Crippen molar-refractivity contribution in [1.29, 1.82) is 0 Å². The molecule has 0 radical (unpaired) electrons. The highest BCUT2D eigenvalue weighted by Crippen LogP contribution is 2.27. The molecule has 1 aromatic carbocycles. The summed E-state index contributed by atoms with van der Waals surface area (Å²) in [6.45, 7) is 3.16. The molecule has 0 saturated heterocycles. The predicted octanol–water partition coefficient (Wildman–Crippen LogP) is 2.34. The fraction of sp³-hybridized carbons (Fsp3) is 0.636. The maximum Gasteiger partial charge on any atom is 0.320 e. The normalized spacial score (nSPS) is 13.9. The zero-order chi connectivity index (χ0) is 22.5. The number of methoxy groups -OCH3 is 1. The molecular formula is C22H35NO7. The molecule has 0 saturated carbocycles. The fourth-order valence-electron chi connectivity index (χ4n) is 3.20. The number of nitrogens with one attached hydrogen (secondary N) is 1. The number of aryl methyl sites for hydroxylation is 1. The smallest absolute Gasteiger partial charge is 0.320 e. The maximum absolute atomic E-state index is 12.0. The van der Waals surface area contributed by atoms with Gasteiger partial charge >= 0.3 is 11.9 Å². The molecule has 0 heterocycles. The minimum atomic E-state index is -0.443. The number of rotatable bonds is 14. The summed E-state index contributed by atoms with van der Waals surface area (Å²) >= 11 is 0. The van der Waals surface area contributed by atoms with Crippen LogP contribution in [0, 0.1) is 0 Å². The number of ether oxygens (including phenoxy) is 3. The first-order valence-electron chi connectivity index (χ1n) is 10.3. The van der Waals surface area contributed by atoms with Crippen LogP contribution in [0.4, 0.5) is 0 Å². The summed E-state index contributed by atoms with van der Waals surface area (Å²) in [6.07, 6.45) is 2.12. The molecule has 0 fully saturated rings. The van der Waals surface area contributed by atoms with Crippen molar-refractivity contribution in [3.05, 3.63) is 23.8 Å². The molecule has 30 heavy (non-hydrogen) atoms. The van der Waals surface area contributed by atoms with Crippen LogP contribution in [0.2, 0.25) is 0 Å². The quantitative estimate of drug-likeness (QED) is 0.389. The van der Waals surface area contributed by atoms with Crippen LogP contribution < -0.4 is 10.1 Å². The molecule has 1 rings (SSSR count). The van der Waals surface area contributed by atoms with Crippen LogP contribution in [0.15, 0.2) is 18.2 Å². The number of phenols is 1. The van der Waals surface area contributed by atoms with Gasteiger partial charge < -0.3 is 29.7 Å². The van der Waals surface area contributed by atoms with Crippen molar-refractivity contribution in [3.63, 3.8) is 0 Å². The van der Waals surface area contributed by atoms with E-state index in [1.165, 1.54) is 14.0 Å². The molecule has 8 heteroatoms. The van der Waals surface area contributed by atoms with Crippen LogP contribution in [0.5, 0.6) is 11.5 Å². The summed E-state index contributed by atoms with van der Waals surface area (Å²) in [5.41, 5.74) is 0.928. The third kappa shape index (κ3) is 10.5. The Morgan fingerprint density at radius 1 is 1.13 bits per heavy atom. The van der Waals surface area contributed by atoms with Gasteiger partial charge in [-0.15, -0.1) is 0 Å². The lowest BCUT2D eigenvalue weighted by atomic mass is 9.99. The van der Waals surface area contributed by atoms with E-state index in [0.29, 0.717) is 44.3 Å². The highest BCUT2D eigenvalue weighted by molar-refractivity contribution is 5.71. The predicted molar refractivity (Wildman–Crippen MR) is 112 cm³/mol. The second-order valence-corrected chi connectivity index (χ2v) is 7.43. The van der Waals surface area contributed by atoms with E-state index in [9.17, 15) is 19.8 Å². The van der Waals surface area contributed by atoms with Crippen molar-refractivity contribution < 1.29 is 34.0 Å². The molecule has 1 aromatic rings. The summed E-state index contributed by atoms with van der Waals surface area (Å²) < 4.78 is 16.2. The summed E-state index contributed by atoms with van der Waals surface area (Å²) in [5, 5.41) is 22.0. The lowest BCUT2D eigenvalue weighted by Gasteiger charge is -2.24. The van der Waals surface area contributed by atoms with Gasteiger partial charge in [0.2, 0.25) is 0 Å². The maximum atomic E-state index is 12.0. The Bertz CT molecular complexity index is 663. The molecule has 170 valence electrons. The highest BCUT2D eigenvalue weighted by Gasteiger charge is 2.22. The number of hydrogen-bond acceptors (Lipinski definition) is 8. The van der Waals surface area contributed by atoms with Crippen molar-refractivity contribution in [2.24, 2.45) is 0 Å². The lowest BCUT2D eigenvalue weighted by molar-refractivity contribution is -0.154. The zero-order valence-corrected chi connectivity index (χ0v) is 18.3. The number of aliphatic hydroxyl groups is 1. The number of hydrogen-bond donors (Lipinski definition) is 3. The zero-order valence-electron chi connectivity index (χ0n) is 18.3. The second kappa shape index (κ2) is 13.8. The van der Waals surface area contributed by atoms with Crippen molar-refractivity contribution in [3.8, 4) is 11.5 Å². The lowest BCUT2D eigenvalue weighted by Crippen LogP contribution is -2.31. The van der Waals surface area contributed by atoms with Crippen LogP contribution in [-0.2, 0) is 25.5 Å². The number of likely N-dealkylation sites (N-methyl/N-ethyl adjacent to an activating group) is 1. The molecule has 0 aliphatic rings. The van der Waals surface area contributed by atoms with E-state index in [4.69, 9.17) is 14.2 Å². The van der Waals surface area contributed by atoms with Gasteiger partial charge in [0.15, 0.2) is 11.5 Å². The van der Waals surface area contributed by atoms with E-state index < -0.39 is 18.3 Å².